The summed E-state index contributed by atoms with van der Waals surface area (Å²) < 4.78 is 19.6. The maximum atomic E-state index is 14.3. The normalized spacial score (nSPS) is 11.0. The van der Waals surface area contributed by atoms with Crippen LogP contribution in [0.5, 0.6) is 0 Å². The van der Waals surface area contributed by atoms with Crippen LogP contribution in [0, 0.1) is 5.82 Å². The van der Waals surface area contributed by atoms with Crippen molar-refractivity contribution in [2.24, 2.45) is 0 Å². The minimum Gasteiger partial charge on any atom is -0.506 e. The number of pyridine rings is 1. The second kappa shape index (κ2) is 4.79. The summed E-state index contributed by atoms with van der Waals surface area (Å²) in [5.41, 5.74) is 6.31. The van der Waals surface area contributed by atoms with Gasteiger partial charge in [0.2, 0.25) is 0 Å². The average Bonchev–Trinajstić information content (AvgIpc) is 2.92. The molecule has 0 amide bonds. The van der Waals surface area contributed by atoms with Crippen molar-refractivity contribution < 1.29 is 13.9 Å². The number of furan rings is 1. The molecule has 1 aromatic carbocycles. The predicted octanol–water partition coefficient (Wildman–Crippen LogP) is 4.40. The Balaban J connectivity index is 2.28. The fraction of sp³-hybridized carbons (Fsp3) is 0. The third-order valence-corrected chi connectivity index (χ3v) is 3.50. The highest BCUT2D eigenvalue weighted by atomic mass is 35.5. The molecule has 0 saturated heterocycles. The van der Waals surface area contributed by atoms with Gasteiger partial charge in [-0.05, 0) is 12.1 Å². The van der Waals surface area contributed by atoms with E-state index in [9.17, 15) is 9.50 Å². The van der Waals surface area contributed by atoms with Crippen molar-refractivity contribution in [2.45, 2.75) is 0 Å². The van der Waals surface area contributed by atoms with Crippen LogP contribution in [-0.2, 0) is 0 Å². The van der Waals surface area contributed by atoms with Gasteiger partial charge in [0.15, 0.2) is 5.82 Å². The van der Waals surface area contributed by atoms with Crippen LogP contribution in [0.3, 0.4) is 0 Å². The zero-order chi connectivity index (χ0) is 15.1. The Kier molecular flexibility index (Phi) is 3.07. The van der Waals surface area contributed by atoms with Crippen molar-refractivity contribution in [3.63, 3.8) is 0 Å². The molecule has 0 unspecified atom stereocenters. The number of aliphatic hydroxyl groups excluding tert-OH is 1. The van der Waals surface area contributed by atoms with Crippen LogP contribution in [0.15, 0.2) is 41.5 Å². The van der Waals surface area contributed by atoms with E-state index < -0.39 is 5.82 Å². The van der Waals surface area contributed by atoms with Gasteiger partial charge in [0, 0.05) is 10.9 Å². The van der Waals surface area contributed by atoms with Crippen molar-refractivity contribution in [3.8, 4) is 11.3 Å². The van der Waals surface area contributed by atoms with Crippen LogP contribution in [0.1, 0.15) is 5.69 Å². The molecule has 0 saturated carbocycles. The fourth-order valence-electron chi connectivity index (χ4n) is 2.05. The molecule has 3 rings (SSSR count). The summed E-state index contributed by atoms with van der Waals surface area (Å²) in [7, 11) is 0. The minimum atomic E-state index is -0.754. The third-order valence-electron chi connectivity index (χ3n) is 3.12. The van der Waals surface area contributed by atoms with Crippen LogP contribution in [0.2, 0.25) is 5.02 Å². The van der Waals surface area contributed by atoms with Gasteiger partial charge in [-0.15, -0.1) is 0 Å². The van der Waals surface area contributed by atoms with Crippen LogP contribution < -0.4 is 5.73 Å². The summed E-state index contributed by atoms with van der Waals surface area (Å²) in [5, 5.41) is 10.2. The van der Waals surface area contributed by atoms with E-state index in [0.717, 1.165) is 5.39 Å². The fourth-order valence-corrected chi connectivity index (χ4v) is 2.28. The molecule has 0 bridgehead atoms. The number of hydrogen-bond acceptors (Lipinski definition) is 4. The van der Waals surface area contributed by atoms with Gasteiger partial charge in [-0.25, -0.2) is 9.37 Å². The number of benzene rings is 1. The van der Waals surface area contributed by atoms with Crippen molar-refractivity contribution in [3.05, 3.63) is 53.6 Å². The number of fused-ring (bicyclic) bond motifs is 1. The first kappa shape index (κ1) is 13.5. The van der Waals surface area contributed by atoms with Crippen molar-refractivity contribution in [2.75, 3.05) is 5.73 Å². The number of halogens is 2. The Hall–Kier alpha value is -2.53. The topological polar surface area (TPSA) is 72.3 Å². The lowest BCUT2D eigenvalue weighted by Crippen LogP contribution is -2.03. The van der Waals surface area contributed by atoms with E-state index in [1.807, 2.05) is 0 Å². The van der Waals surface area contributed by atoms with Gasteiger partial charge in [-0.2, -0.15) is 0 Å². The van der Waals surface area contributed by atoms with Crippen molar-refractivity contribution >= 4 is 34.0 Å². The summed E-state index contributed by atoms with van der Waals surface area (Å²) in [5.74, 6) is -1.14. The van der Waals surface area contributed by atoms with Crippen molar-refractivity contribution in [1.82, 2.24) is 4.98 Å². The Morgan fingerprint density at radius 1 is 1.38 bits per heavy atom. The van der Waals surface area contributed by atoms with Gasteiger partial charge in [-0.3, -0.25) is 0 Å². The maximum absolute atomic E-state index is 14.3. The molecule has 6 heteroatoms. The quantitative estimate of drug-likeness (QED) is 0.688. The average molecular weight is 305 g/mol. The molecule has 0 fully saturated rings. The van der Waals surface area contributed by atoms with E-state index in [0.29, 0.717) is 11.1 Å². The highest BCUT2D eigenvalue weighted by molar-refractivity contribution is 6.34. The number of hydrogen-bond donors (Lipinski definition) is 2. The van der Waals surface area contributed by atoms with E-state index in [1.54, 1.807) is 24.3 Å². The molecule has 0 radical (unpaired) electrons. The van der Waals surface area contributed by atoms with E-state index in [4.69, 9.17) is 21.8 Å². The largest absolute Gasteiger partial charge is 0.506 e. The molecular weight excluding hydrogens is 295 g/mol. The first-order chi connectivity index (χ1) is 9.99. The molecule has 4 nitrogen and oxygen atoms in total. The molecule has 3 aromatic rings. The number of rotatable bonds is 2. The molecule has 106 valence electrons. The van der Waals surface area contributed by atoms with Crippen molar-refractivity contribution in [1.29, 1.82) is 0 Å². The standard InChI is InChI=1S/C15H10ClFN2O2/c1-7(20)14-11(16)13(18)12(17)15(19-14)9-3-2-8-4-5-21-10(8)6-9/h2-6,20H,1H2,(H2,18,19). The Bertz CT molecular complexity index is 873. The lowest BCUT2D eigenvalue weighted by atomic mass is 10.1. The summed E-state index contributed by atoms with van der Waals surface area (Å²) in [6.45, 7) is 3.35. The second-order valence-corrected chi connectivity index (χ2v) is 4.85. The number of aromatic nitrogens is 1. The number of anilines is 1. The van der Waals surface area contributed by atoms with E-state index >= 15 is 0 Å². The monoisotopic (exact) mass is 304 g/mol. The zero-order valence-electron chi connectivity index (χ0n) is 10.7. The lowest BCUT2D eigenvalue weighted by Gasteiger charge is -2.10. The maximum Gasteiger partial charge on any atom is 0.173 e. The Labute approximate surface area is 124 Å². The number of aliphatic hydroxyl groups is 1. The summed E-state index contributed by atoms with van der Waals surface area (Å²) >= 11 is 5.86. The highest BCUT2D eigenvalue weighted by Crippen LogP contribution is 2.34. The van der Waals surface area contributed by atoms with Gasteiger partial charge >= 0.3 is 0 Å². The third kappa shape index (κ3) is 2.11. The first-order valence-corrected chi connectivity index (χ1v) is 6.37. The van der Waals surface area contributed by atoms with Crippen LogP contribution in [-0.4, -0.2) is 10.1 Å². The lowest BCUT2D eigenvalue weighted by molar-refractivity contribution is 0.510. The Morgan fingerprint density at radius 2 is 2.14 bits per heavy atom. The molecule has 0 aliphatic carbocycles. The molecule has 0 aliphatic rings. The zero-order valence-corrected chi connectivity index (χ0v) is 11.5. The molecule has 0 spiro atoms. The van der Waals surface area contributed by atoms with Gasteiger partial charge in [-0.1, -0.05) is 30.3 Å². The van der Waals surface area contributed by atoms with E-state index in [2.05, 4.69) is 11.6 Å². The molecular formula is C15H10ClFN2O2. The van der Waals surface area contributed by atoms with Crippen LogP contribution in [0.25, 0.3) is 28.0 Å². The molecule has 0 atom stereocenters. The molecule has 2 heterocycles. The second-order valence-electron chi connectivity index (χ2n) is 4.47. The smallest absolute Gasteiger partial charge is 0.173 e. The molecule has 0 aliphatic heterocycles. The Morgan fingerprint density at radius 3 is 2.86 bits per heavy atom. The van der Waals surface area contributed by atoms with Gasteiger partial charge in [0.05, 0.1) is 17.0 Å². The first-order valence-electron chi connectivity index (χ1n) is 5.99. The summed E-state index contributed by atoms with van der Waals surface area (Å²) in [6, 6.07) is 6.88. The van der Waals surface area contributed by atoms with E-state index in [-0.39, 0.29) is 27.9 Å². The number of nitrogen functional groups attached to an aromatic ring is 1. The predicted molar refractivity (Wildman–Crippen MR) is 80.5 cm³/mol. The van der Waals surface area contributed by atoms with Gasteiger partial charge in [0.25, 0.3) is 0 Å². The van der Waals surface area contributed by atoms with Crippen LogP contribution in [0.4, 0.5) is 10.1 Å². The number of nitrogens with two attached hydrogens (primary N) is 1. The van der Waals surface area contributed by atoms with Crippen LogP contribution >= 0.6 is 11.6 Å². The number of nitrogens with zero attached hydrogens (tertiary/aromatic N) is 1. The molecule has 2 aromatic heterocycles. The highest BCUT2D eigenvalue weighted by Gasteiger charge is 2.19. The molecule has 21 heavy (non-hydrogen) atoms. The SMILES string of the molecule is C=C(O)c1nc(-c2ccc3ccoc3c2)c(F)c(N)c1Cl. The minimum absolute atomic E-state index is 0.0274. The van der Waals surface area contributed by atoms with Gasteiger partial charge in [0.1, 0.15) is 22.7 Å². The van der Waals surface area contributed by atoms with E-state index in [1.165, 1.54) is 6.26 Å². The molecule has 3 N–H and O–H groups in total. The van der Waals surface area contributed by atoms with Gasteiger partial charge < -0.3 is 15.3 Å². The summed E-state index contributed by atoms with van der Waals surface area (Å²) in [6.07, 6.45) is 1.54. The summed E-state index contributed by atoms with van der Waals surface area (Å²) in [4.78, 5) is 4.02.